The maximum absolute atomic E-state index is 12.4. The van der Waals surface area contributed by atoms with E-state index >= 15 is 0 Å². The Hall–Kier alpha value is -2.04. The van der Waals surface area contributed by atoms with Gasteiger partial charge in [-0.15, -0.1) is 13.2 Å². The second-order valence-electron chi connectivity index (χ2n) is 4.12. The fraction of sp³-hybridized carbons (Fsp3) is 0.214. The summed E-state index contributed by atoms with van der Waals surface area (Å²) in [4.78, 5) is 3.95. The van der Waals surface area contributed by atoms with Crippen molar-refractivity contribution in [3.05, 3.63) is 47.7 Å². The Balaban J connectivity index is 2.43. The van der Waals surface area contributed by atoms with Gasteiger partial charge in [0.25, 0.3) is 0 Å². The van der Waals surface area contributed by atoms with Gasteiger partial charge in [0.1, 0.15) is 5.75 Å². The van der Waals surface area contributed by atoms with Crippen molar-refractivity contribution in [3.63, 3.8) is 0 Å². The van der Waals surface area contributed by atoms with Crippen LogP contribution in [0.15, 0.2) is 41.5 Å². The Morgan fingerprint density at radius 1 is 1.26 bits per heavy atom. The van der Waals surface area contributed by atoms with Gasteiger partial charge >= 0.3 is 6.36 Å². The van der Waals surface area contributed by atoms with Crippen LogP contribution in [0.3, 0.4) is 0 Å². The van der Waals surface area contributed by atoms with E-state index in [0.717, 1.165) is 11.1 Å². The maximum atomic E-state index is 12.4. The van der Waals surface area contributed by atoms with Crippen molar-refractivity contribution in [2.45, 2.75) is 19.7 Å². The standard InChI is InChI=1S/C14H12F3NO/c1-10-4-5-13(19-14(15,16)17)12(9-10)11-3-2-7-18-8-6-11/h2-5,7-9H,6H2,1H3. The molecule has 1 aromatic rings. The molecule has 0 spiro atoms. The molecule has 2 rings (SSSR count). The van der Waals surface area contributed by atoms with E-state index in [1.807, 2.05) is 6.92 Å². The van der Waals surface area contributed by atoms with E-state index < -0.39 is 6.36 Å². The lowest BCUT2D eigenvalue weighted by Gasteiger charge is -2.15. The Morgan fingerprint density at radius 2 is 2.05 bits per heavy atom. The predicted molar refractivity (Wildman–Crippen MR) is 68.1 cm³/mol. The van der Waals surface area contributed by atoms with E-state index in [0.29, 0.717) is 12.0 Å². The Labute approximate surface area is 108 Å². The Bertz CT molecular complexity index is 556. The normalized spacial score (nSPS) is 15.1. The topological polar surface area (TPSA) is 21.6 Å². The van der Waals surface area contributed by atoms with E-state index in [1.54, 1.807) is 36.7 Å². The average Bonchev–Trinajstić information content (AvgIpc) is 2.58. The second kappa shape index (κ2) is 5.30. The molecule has 0 saturated carbocycles. The molecule has 1 aliphatic rings. The molecule has 1 heterocycles. The summed E-state index contributed by atoms with van der Waals surface area (Å²) in [5.41, 5.74) is 2.05. The maximum Gasteiger partial charge on any atom is 0.573 e. The van der Waals surface area contributed by atoms with Gasteiger partial charge in [0, 0.05) is 24.4 Å². The van der Waals surface area contributed by atoms with Crippen LogP contribution in [-0.2, 0) is 0 Å². The summed E-state index contributed by atoms with van der Waals surface area (Å²) in [5, 5.41) is 0. The van der Waals surface area contributed by atoms with Crippen LogP contribution in [0.5, 0.6) is 5.75 Å². The third kappa shape index (κ3) is 3.71. The van der Waals surface area contributed by atoms with E-state index in [2.05, 4.69) is 9.73 Å². The molecule has 0 bridgehead atoms. The number of rotatable bonds is 2. The van der Waals surface area contributed by atoms with Gasteiger partial charge in [0.15, 0.2) is 0 Å². The number of alkyl halides is 3. The van der Waals surface area contributed by atoms with Crippen molar-refractivity contribution in [1.29, 1.82) is 0 Å². The van der Waals surface area contributed by atoms with Gasteiger partial charge in [0.2, 0.25) is 0 Å². The van der Waals surface area contributed by atoms with Crippen molar-refractivity contribution < 1.29 is 17.9 Å². The van der Waals surface area contributed by atoms with Crippen LogP contribution >= 0.6 is 0 Å². The lowest BCUT2D eigenvalue weighted by molar-refractivity contribution is -0.274. The van der Waals surface area contributed by atoms with Gasteiger partial charge in [0.05, 0.1) is 0 Å². The first-order chi connectivity index (χ1) is 8.96. The number of hydrogen-bond acceptors (Lipinski definition) is 2. The fourth-order valence-corrected chi connectivity index (χ4v) is 1.80. The van der Waals surface area contributed by atoms with Gasteiger partial charge in [-0.3, -0.25) is 4.99 Å². The minimum atomic E-state index is -4.70. The molecule has 0 aromatic heterocycles. The molecule has 0 fully saturated rings. The Morgan fingerprint density at radius 3 is 2.79 bits per heavy atom. The first-order valence-corrected chi connectivity index (χ1v) is 5.70. The average molecular weight is 267 g/mol. The first-order valence-electron chi connectivity index (χ1n) is 5.70. The van der Waals surface area contributed by atoms with Crippen LogP contribution in [0.4, 0.5) is 13.2 Å². The largest absolute Gasteiger partial charge is 0.573 e. The number of aliphatic imine (C=N–C) groups is 1. The smallest absolute Gasteiger partial charge is 0.405 e. The van der Waals surface area contributed by atoms with E-state index in [1.165, 1.54) is 6.07 Å². The highest BCUT2D eigenvalue weighted by atomic mass is 19.4. The first kappa shape index (κ1) is 13.4. The van der Waals surface area contributed by atoms with E-state index in [-0.39, 0.29) is 5.75 Å². The molecule has 0 amide bonds. The number of benzene rings is 1. The van der Waals surface area contributed by atoms with Crippen LogP contribution < -0.4 is 4.74 Å². The summed E-state index contributed by atoms with van der Waals surface area (Å²) in [6.07, 6.45) is 2.44. The summed E-state index contributed by atoms with van der Waals surface area (Å²) < 4.78 is 41.2. The monoisotopic (exact) mass is 267 g/mol. The molecular formula is C14H12F3NO. The highest BCUT2D eigenvalue weighted by Crippen LogP contribution is 2.33. The number of nitrogens with zero attached hydrogens (tertiary/aromatic N) is 1. The molecule has 19 heavy (non-hydrogen) atoms. The molecule has 0 N–H and O–H groups in total. The number of halogens is 3. The van der Waals surface area contributed by atoms with Gasteiger partial charge in [-0.1, -0.05) is 17.7 Å². The highest BCUT2D eigenvalue weighted by molar-refractivity contribution is 5.83. The van der Waals surface area contributed by atoms with E-state index in [4.69, 9.17) is 0 Å². The van der Waals surface area contributed by atoms with Crippen molar-refractivity contribution in [1.82, 2.24) is 0 Å². The molecule has 0 unspecified atom stereocenters. The van der Waals surface area contributed by atoms with Crippen LogP contribution in [0.25, 0.3) is 5.57 Å². The van der Waals surface area contributed by atoms with Crippen molar-refractivity contribution >= 4 is 11.8 Å². The number of aryl methyl sites for hydroxylation is 1. The van der Waals surface area contributed by atoms with Gasteiger partial charge in [-0.25, -0.2) is 0 Å². The zero-order chi connectivity index (χ0) is 13.9. The molecule has 0 aliphatic carbocycles. The summed E-state index contributed by atoms with van der Waals surface area (Å²) in [6, 6.07) is 4.61. The van der Waals surface area contributed by atoms with Gasteiger partial charge < -0.3 is 4.74 Å². The SMILES string of the molecule is Cc1ccc(OC(F)(F)F)c(C2=CC=CN=CC2)c1. The van der Waals surface area contributed by atoms with Crippen LogP contribution in [-0.4, -0.2) is 12.6 Å². The van der Waals surface area contributed by atoms with Crippen LogP contribution in [0.1, 0.15) is 17.5 Å². The molecule has 1 aliphatic heterocycles. The predicted octanol–water partition coefficient (Wildman–Crippen LogP) is 4.27. The molecule has 0 radical (unpaired) electrons. The molecule has 0 atom stereocenters. The zero-order valence-corrected chi connectivity index (χ0v) is 10.2. The highest BCUT2D eigenvalue weighted by Gasteiger charge is 2.32. The van der Waals surface area contributed by atoms with Crippen LogP contribution in [0, 0.1) is 6.92 Å². The van der Waals surface area contributed by atoms with Crippen molar-refractivity contribution in [3.8, 4) is 5.75 Å². The number of hydrogen-bond donors (Lipinski definition) is 0. The van der Waals surface area contributed by atoms with Gasteiger partial charge in [-0.05, 0) is 30.7 Å². The van der Waals surface area contributed by atoms with E-state index in [9.17, 15) is 13.2 Å². The summed E-state index contributed by atoms with van der Waals surface area (Å²) in [6.45, 7) is 1.82. The lowest BCUT2D eigenvalue weighted by atomic mass is 10.00. The third-order valence-electron chi connectivity index (χ3n) is 2.59. The van der Waals surface area contributed by atoms with Crippen molar-refractivity contribution in [2.75, 3.05) is 0 Å². The minimum Gasteiger partial charge on any atom is -0.405 e. The molecule has 1 aromatic carbocycles. The summed E-state index contributed by atoms with van der Waals surface area (Å²) >= 11 is 0. The number of ether oxygens (including phenoxy) is 1. The molecular weight excluding hydrogens is 255 g/mol. The summed E-state index contributed by atoms with van der Waals surface area (Å²) in [5.74, 6) is -0.187. The molecule has 5 heteroatoms. The molecule has 100 valence electrons. The lowest BCUT2D eigenvalue weighted by Crippen LogP contribution is -2.18. The summed E-state index contributed by atoms with van der Waals surface area (Å²) in [7, 11) is 0. The fourth-order valence-electron chi connectivity index (χ4n) is 1.80. The van der Waals surface area contributed by atoms with Crippen LogP contribution in [0.2, 0.25) is 0 Å². The third-order valence-corrected chi connectivity index (χ3v) is 2.59. The quantitative estimate of drug-likeness (QED) is 0.784. The molecule has 2 nitrogen and oxygen atoms in total. The second-order valence-corrected chi connectivity index (χ2v) is 4.12. The number of allylic oxidation sites excluding steroid dienone is 3. The zero-order valence-electron chi connectivity index (χ0n) is 10.2. The van der Waals surface area contributed by atoms with Crippen molar-refractivity contribution in [2.24, 2.45) is 4.99 Å². The van der Waals surface area contributed by atoms with Gasteiger partial charge in [-0.2, -0.15) is 0 Å². The minimum absolute atomic E-state index is 0.187. The molecule has 0 saturated heterocycles. The Kier molecular flexibility index (Phi) is 3.74.